The van der Waals surface area contributed by atoms with Gasteiger partial charge in [-0.2, -0.15) is 0 Å². The molecule has 1 heterocycles. The van der Waals surface area contributed by atoms with Gasteiger partial charge in [0.25, 0.3) is 0 Å². The van der Waals surface area contributed by atoms with Crippen LogP contribution < -0.4 is 10.6 Å². The van der Waals surface area contributed by atoms with E-state index < -0.39 is 0 Å². The minimum atomic E-state index is 0.0957. The zero-order valence-electron chi connectivity index (χ0n) is 7.64. The third-order valence-electron chi connectivity index (χ3n) is 1.70. The van der Waals surface area contributed by atoms with Crippen molar-refractivity contribution in [1.82, 2.24) is 9.97 Å². The smallest absolute Gasteiger partial charge is 0.225 e. The number of anilines is 1. The molecule has 3 N–H and O–H groups in total. The molecule has 5 nitrogen and oxygen atoms in total. The van der Waals surface area contributed by atoms with E-state index in [0.29, 0.717) is 19.0 Å². The van der Waals surface area contributed by atoms with Crippen LogP contribution in [-0.2, 0) is 6.54 Å². The molecule has 1 aromatic rings. The standard InChI is InChI=1S/C8H14N4O/c1-12(2-3-13)8-10-5-7(4-9)6-11-8/h5-6,13H,2-4,9H2,1H3. The van der Waals surface area contributed by atoms with Crippen molar-refractivity contribution in [3.8, 4) is 0 Å². The van der Waals surface area contributed by atoms with Crippen LogP contribution in [0.3, 0.4) is 0 Å². The second kappa shape index (κ2) is 4.74. The molecule has 13 heavy (non-hydrogen) atoms. The van der Waals surface area contributed by atoms with Gasteiger partial charge in [-0.15, -0.1) is 0 Å². The lowest BCUT2D eigenvalue weighted by Crippen LogP contribution is -2.23. The van der Waals surface area contributed by atoms with Crippen molar-refractivity contribution in [1.29, 1.82) is 0 Å². The molecule has 0 atom stereocenters. The van der Waals surface area contributed by atoms with E-state index in [1.807, 2.05) is 7.05 Å². The van der Waals surface area contributed by atoms with Gasteiger partial charge in [0.1, 0.15) is 0 Å². The Morgan fingerprint density at radius 2 is 2.08 bits per heavy atom. The third kappa shape index (κ3) is 2.64. The van der Waals surface area contributed by atoms with Crippen LogP contribution in [0.2, 0.25) is 0 Å². The number of nitrogens with zero attached hydrogens (tertiary/aromatic N) is 3. The molecule has 0 unspecified atom stereocenters. The minimum absolute atomic E-state index is 0.0957. The topological polar surface area (TPSA) is 75.3 Å². The van der Waals surface area contributed by atoms with Gasteiger partial charge in [0.15, 0.2) is 0 Å². The van der Waals surface area contributed by atoms with Crippen molar-refractivity contribution in [2.24, 2.45) is 5.73 Å². The summed E-state index contributed by atoms with van der Waals surface area (Å²) in [7, 11) is 1.83. The molecule has 5 heteroatoms. The van der Waals surface area contributed by atoms with Gasteiger partial charge in [0, 0.05) is 38.1 Å². The molecule has 0 radical (unpaired) electrons. The van der Waals surface area contributed by atoms with Crippen molar-refractivity contribution in [2.75, 3.05) is 25.1 Å². The number of aliphatic hydroxyl groups excluding tert-OH is 1. The van der Waals surface area contributed by atoms with Gasteiger partial charge in [0.2, 0.25) is 5.95 Å². The maximum absolute atomic E-state index is 8.68. The first-order chi connectivity index (χ1) is 6.27. The van der Waals surface area contributed by atoms with Crippen LogP contribution in [0.4, 0.5) is 5.95 Å². The number of likely N-dealkylation sites (N-methyl/N-ethyl adjacent to an activating group) is 1. The van der Waals surface area contributed by atoms with Crippen LogP contribution in [0.1, 0.15) is 5.56 Å². The first-order valence-corrected chi connectivity index (χ1v) is 4.11. The lowest BCUT2D eigenvalue weighted by molar-refractivity contribution is 0.303. The van der Waals surface area contributed by atoms with Gasteiger partial charge in [-0.05, 0) is 0 Å². The molecular weight excluding hydrogens is 168 g/mol. The lowest BCUT2D eigenvalue weighted by atomic mass is 10.3. The summed E-state index contributed by atoms with van der Waals surface area (Å²) < 4.78 is 0. The van der Waals surface area contributed by atoms with E-state index in [2.05, 4.69) is 9.97 Å². The van der Waals surface area contributed by atoms with Crippen LogP contribution in [0, 0.1) is 0 Å². The fourth-order valence-corrected chi connectivity index (χ4v) is 0.900. The zero-order valence-corrected chi connectivity index (χ0v) is 7.64. The molecule has 1 aromatic heterocycles. The first-order valence-electron chi connectivity index (χ1n) is 4.11. The van der Waals surface area contributed by atoms with Gasteiger partial charge < -0.3 is 15.7 Å². The number of nitrogens with two attached hydrogens (primary N) is 1. The molecular formula is C8H14N4O. The predicted molar refractivity (Wildman–Crippen MR) is 50.3 cm³/mol. The Kier molecular flexibility index (Phi) is 3.60. The van der Waals surface area contributed by atoms with Crippen LogP contribution in [0.25, 0.3) is 0 Å². The summed E-state index contributed by atoms with van der Waals surface area (Å²) in [6, 6.07) is 0. The first kappa shape index (κ1) is 9.88. The molecule has 0 spiro atoms. The molecule has 0 fully saturated rings. The molecule has 0 aliphatic rings. The van der Waals surface area contributed by atoms with Crippen molar-refractivity contribution in [3.63, 3.8) is 0 Å². The average Bonchev–Trinajstić information content (AvgIpc) is 2.18. The number of aliphatic hydroxyl groups is 1. The fraction of sp³-hybridized carbons (Fsp3) is 0.500. The number of hydrogen-bond donors (Lipinski definition) is 2. The molecule has 0 saturated carbocycles. The van der Waals surface area contributed by atoms with E-state index in [1.54, 1.807) is 17.3 Å². The highest BCUT2D eigenvalue weighted by Gasteiger charge is 2.01. The van der Waals surface area contributed by atoms with Gasteiger partial charge in [-0.1, -0.05) is 0 Å². The largest absolute Gasteiger partial charge is 0.395 e. The Balaban J connectivity index is 2.67. The van der Waals surface area contributed by atoms with E-state index in [1.165, 1.54) is 0 Å². The average molecular weight is 182 g/mol. The van der Waals surface area contributed by atoms with E-state index in [4.69, 9.17) is 10.8 Å². The summed E-state index contributed by atoms with van der Waals surface area (Å²) in [5.41, 5.74) is 6.30. The Bertz CT molecular complexity index is 249. The van der Waals surface area contributed by atoms with Crippen molar-refractivity contribution in [2.45, 2.75) is 6.54 Å². The summed E-state index contributed by atoms with van der Waals surface area (Å²) in [5.74, 6) is 0.603. The molecule has 0 bridgehead atoms. The monoisotopic (exact) mass is 182 g/mol. The molecule has 0 aliphatic heterocycles. The molecule has 0 aliphatic carbocycles. The predicted octanol–water partition coefficient (Wildman–Crippen LogP) is -0.636. The van der Waals surface area contributed by atoms with Crippen molar-refractivity contribution in [3.05, 3.63) is 18.0 Å². The van der Waals surface area contributed by atoms with Crippen LogP contribution >= 0.6 is 0 Å². The van der Waals surface area contributed by atoms with Gasteiger partial charge >= 0.3 is 0 Å². The minimum Gasteiger partial charge on any atom is -0.395 e. The van der Waals surface area contributed by atoms with Gasteiger partial charge in [-0.3, -0.25) is 0 Å². The maximum Gasteiger partial charge on any atom is 0.225 e. The summed E-state index contributed by atoms with van der Waals surface area (Å²) in [6.07, 6.45) is 3.38. The highest BCUT2D eigenvalue weighted by Crippen LogP contribution is 2.03. The molecule has 72 valence electrons. The second-order valence-electron chi connectivity index (χ2n) is 2.74. The van der Waals surface area contributed by atoms with Gasteiger partial charge in [0.05, 0.1) is 6.61 Å². The zero-order chi connectivity index (χ0) is 9.68. The second-order valence-corrected chi connectivity index (χ2v) is 2.74. The molecule has 0 aromatic carbocycles. The Labute approximate surface area is 77.2 Å². The highest BCUT2D eigenvalue weighted by molar-refractivity contribution is 5.27. The normalized spacial score (nSPS) is 10.1. The van der Waals surface area contributed by atoms with Crippen molar-refractivity contribution < 1.29 is 5.11 Å². The van der Waals surface area contributed by atoms with E-state index >= 15 is 0 Å². The summed E-state index contributed by atoms with van der Waals surface area (Å²) in [4.78, 5) is 9.96. The number of aromatic nitrogens is 2. The van der Waals surface area contributed by atoms with E-state index in [9.17, 15) is 0 Å². The van der Waals surface area contributed by atoms with Crippen LogP contribution in [-0.4, -0.2) is 35.3 Å². The Morgan fingerprint density at radius 3 is 2.54 bits per heavy atom. The number of rotatable bonds is 4. The Morgan fingerprint density at radius 1 is 1.46 bits per heavy atom. The Hall–Kier alpha value is -1.20. The fourth-order valence-electron chi connectivity index (χ4n) is 0.900. The maximum atomic E-state index is 8.68. The van der Waals surface area contributed by atoms with Crippen LogP contribution in [0.15, 0.2) is 12.4 Å². The van der Waals surface area contributed by atoms with E-state index in [-0.39, 0.29) is 6.61 Å². The molecule has 0 amide bonds. The third-order valence-corrected chi connectivity index (χ3v) is 1.70. The summed E-state index contributed by atoms with van der Waals surface area (Å²) in [6.45, 7) is 1.07. The van der Waals surface area contributed by atoms with Crippen LogP contribution in [0.5, 0.6) is 0 Å². The molecule has 0 saturated heterocycles. The molecule has 1 rings (SSSR count). The van der Waals surface area contributed by atoms with E-state index in [0.717, 1.165) is 5.56 Å². The quantitative estimate of drug-likeness (QED) is 0.648. The summed E-state index contributed by atoms with van der Waals surface area (Å²) >= 11 is 0. The SMILES string of the molecule is CN(CCO)c1ncc(CN)cn1. The van der Waals surface area contributed by atoms with Gasteiger partial charge in [-0.25, -0.2) is 9.97 Å². The highest BCUT2D eigenvalue weighted by atomic mass is 16.3. The lowest BCUT2D eigenvalue weighted by Gasteiger charge is -2.14. The summed E-state index contributed by atoms with van der Waals surface area (Å²) in [5, 5.41) is 8.68. The number of hydrogen-bond acceptors (Lipinski definition) is 5. The van der Waals surface area contributed by atoms with Crippen molar-refractivity contribution >= 4 is 5.95 Å².